The van der Waals surface area contributed by atoms with E-state index in [0.717, 1.165) is 5.82 Å². The highest BCUT2D eigenvalue weighted by molar-refractivity contribution is 5.47. The summed E-state index contributed by atoms with van der Waals surface area (Å²) in [4.78, 5) is 8.11. The second kappa shape index (κ2) is 5.46. The average molecular weight is 243 g/mol. The van der Waals surface area contributed by atoms with Gasteiger partial charge in [0.2, 0.25) is 0 Å². The highest BCUT2D eigenvalue weighted by atomic mass is 15.3. The molecule has 1 unspecified atom stereocenters. The fourth-order valence-corrected chi connectivity index (χ4v) is 1.68. The Morgan fingerprint density at radius 1 is 1.11 bits per heavy atom. The van der Waals surface area contributed by atoms with Crippen LogP contribution in [0.4, 0.5) is 11.6 Å². The van der Waals surface area contributed by atoms with Crippen LogP contribution in [0.2, 0.25) is 0 Å². The van der Waals surface area contributed by atoms with Gasteiger partial charge in [0, 0.05) is 12.1 Å². The summed E-state index contributed by atoms with van der Waals surface area (Å²) in [7, 11) is 0. The number of nitrogens with two attached hydrogens (primary N) is 1. The number of nitrogens with one attached hydrogen (secondary N) is 2. The van der Waals surface area contributed by atoms with Crippen LogP contribution in [-0.4, -0.2) is 9.97 Å². The van der Waals surface area contributed by atoms with Crippen LogP contribution in [0.15, 0.2) is 36.7 Å². The largest absolute Gasteiger partial charge is 0.363 e. The zero-order valence-corrected chi connectivity index (χ0v) is 10.5. The van der Waals surface area contributed by atoms with E-state index < -0.39 is 0 Å². The summed E-state index contributed by atoms with van der Waals surface area (Å²) in [6.45, 7) is 4.16. The molecule has 0 saturated heterocycles. The number of aryl methyl sites for hydroxylation is 1. The molecule has 1 heterocycles. The van der Waals surface area contributed by atoms with Crippen LogP contribution >= 0.6 is 0 Å². The molecule has 1 atom stereocenters. The van der Waals surface area contributed by atoms with Crippen molar-refractivity contribution in [2.75, 3.05) is 10.7 Å². The molecule has 0 aliphatic heterocycles. The molecule has 2 rings (SSSR count). The summed E-state index contributed by atoms with van der Waals surface area (Å²) in [6, 6.07) is 10.4. The van der Waals surface area contributed by atoms with E-state index >= 15 is 0 Å². The minimum Gasteiger partial charge on any atom is -0.363 e. The first-order valence-electron chi connectivity index (χ1n) is 5.81. The lowest BCUT2D eigenvalue weighted by molar-refractivity contribution is 0.871. The topological polar surface area (TPSA) is 75.9 Å². The molecule has 0 aliphatic rings. The molecule has 0 radical (unpaired) electrons. The third kappa shape index (κ3) is 2.95. The van der Waals surface area contributed by atoms with Gasteiger partial charge in [0.05, 0.1) is 0 Å². The van der Waals surface area contributed by atoms with Gasteiger partial charge in [-0.15, -0.1) is 0 Å². The second-order valence-corrected chi connectivity index (χ2v) is 4.21. The van der Waals surface area contributed by atoms with Crippen LogP contribution in [0.25, 0.3) is 0 Å². The van der Waals surface area contributed by atoms with Crippen LogP contribution < -0.4 is 16.6 Å². The number of nitrogens with zero attached hydrogens (tertiary/aromatic N) is 2. The Morgan fingerprint density at radius 3 is 2.44 bits per heavy atom. The highest BCUT2D eigenvalue weighted by Crippen LogP contribution is 2.18. The van der Waals surface area contributed by atoms with E-state index in [1.165, 1.54) is 17.5 Å². The smallest absolute Gasteiger partial charge is 0.145 e. The van der Waals surface area contributed by atoms with Crippen molar-refractivity contribution in [2.45, 2.75) is 19.9 Å². The van der Waals surface area contributed by atoms with Crippen molar-refractivity contribution in [3.8, 4) is 0 Å². The molecule has 5 nitrogen and oxygen atoms in total. The van der Waals surface area contributed by atoms with E-state index in [9.17, 15) is 0 Å². The molecular formula is C13H17N5. The molecule has 18 heavy (non-hydrogen) atoms. The van der Waals surface area contributed by atoms with Gasteiger partial charge in [0.25, 0.3) is 0 Å². The zero-order valence-electron chi connectivity index (χ0n) is 10.5. The maximum absolute atomic E-state index is 5.31. The van der Waals surface area contributed by atoms with Gasteiger partial charge in [0.1, 0.15) is 18.0 Å². The van der Waals surface area contributed by atoms with Crippen molar-refractivity contribution in [1.29, 1.82) is 0 Å². The quantitative estimate of drug-likeness (QED) is 0.567. The van der Waals surface area contributed by atoms with E-state index in [0.29, 0.717) is 5.82 Å². The third-order valence-corrected chi connectivity index (χ3v) is 2.76. The maximum Gasteiger partial charge on any atom is 0.145 e. The van der Waals surface area contributed by atoms with Crippen molar-refractivity contribution >= 4 is 11.6 Å². The van der Waals surface area contributed by atoms with Crippen molar-refractivity contribution in [3.05, 3.63) is 47.8 Å². The maximum atomic E-state index is 5.31. The van der Waals surface area contributed by atoms with Crippen LogP contribution in [0.5, 0.6) is 0 Å². The summed E-state index contributed by atoms with van der Waals surface area (Å²) < 4.78 is 0. The zero-order chi connectivity index (χ0) is 13.0. The molecule has 0 spiro atoms. The molecule has 0 aliphatic carbocycles. The van der Waals surface area contributed by atoms with E-state index in [4.69, 9.17) is 5.84 Å². The molecule has 4 N–H and O–H groups in total. The molecule has 1 aromatic carbocycles. The molecule has 1 aromatic heterocycles. The Kier molecular flexibility index (Phi) is 3.74. The molecule has 94 valence electrons. The first kappa shape index (κ1) is 12.3. The fraction of sp³-hybridized carbons (Fsp3) is 0.231. The van der Waals surface area contributed by atoms with Gasteiger partial charge in [-0.25, -0.2) is 15.8 Å². The summed E-state index contributed by atoms with van der Waals surface area (Å²) in [5, 5.41) is 3.31. The van der Waals surface area contributed by atoms with Gasteiger partial charge in [-0.1, -0.05) is 29.8 Å². The third-order valence-electron chi connectivity index (χ3n) is 2.76. The molecular weight excluding hydrogens is 226 g/mol. The molecule has 5 heteroatoms. The lowest BCUT2D eigenvalue weighted by Crippen LogP contribution is -2.11. The van der Waals surface area contributed by atoms with Gasteiger partial charge >= 0.3 is 0 Å². The summed E-state index contributed by atoms with van der Waals surface area (Å²) in [5.74, 6) is 6.64. The lowest BCUT2D eigenvalue weighted by atomic mass is 10.1. The van der Waals surface area contributed by atoms with Crippen LogP contribution in [0.1, 0.15) is 24.1 Å². The normalized spacial score (nSPS) is 11.9. The summed E-state index contributed by atoms with van der Waals surface area (Å²) in [6.07, 6.45) is 1.47. The highest BCUT2D eigenvalue weighted by Gasteiger charge is 2.06. The summed E-state index contributed by atoms with van der Waals surface area (Å²) in [5.41, 5.74) is 4.96. The number of hydrogen-bond donors (Lipinski definition) is 3. The Labute approximate surface area is 106 Å². The Bertz CT molecular complexity index is 509. The number of aromatic nitrogens is 2. The SMILES string of the molecule is Cc1ccc(C(C)Nc2cc(NN)ncn2)cc1. The monoisotopic (exact) mass is 243 g/mol. The number of benzene rings is 1. The van der Waals surface area contributed by atoms with E-state index in [-0.39, 0.29) is 6.04 Å². The van der Waals surface area contributed by atoms with E-state index in [1.807, 2.05) is 0 Å². The van der Waals surface area contributed by atoms with Crippen molar-refractivity contribution in [2.24, 2.45) is 5.84 Å². The number of hydrogen-bond acceptors (Lipinski definition) is 5. The Morgan fingerprint density at radius 2 is 1.78 bits per heavy atom. The molecule has 0 fully saturated rings. The Hall–Kier alpha value is -2.14. The van der Waals surface area contributed by atoms with Gasteiger partial charge < -0.3 is 10.7 Å². The van der Waals surface area contributed by atoms with Crippen molar-refractivity contribution in [3.63, 3.8) is 0 Å². The van der Waals surface area contributed by atoms with Crippen molar-refractivity contribution < 1.29 is 0 Å². The first-order chi connectivity index (χ1) is 8.69. The van der Waals surface area contributed by atoms with Gasteiger partial charge in [-0.05, 0) is 19.4 Å². The number of hydrazine groups is 1. The van der Waals surface area contributed by atoms with E-state index in [1.54, 1.807) is 6.07 Å². The standard InChI is InChI=1S/C13H17N5/c1-9-3-5-11(6-4-9)10(2)17-12-7-13(18-14)16-8-15-12/h3-8,10H,14H2,1-2H3,(H2,15,16,17,18). The molecule has 0 bridgehead atoms. The molecule has 0 amide bonds. The van der Waals surface area contributed by atoms with Gasteiger partial charge in [-0.2, -0.15) is 0 Å². The minimum absolute atomic E-state index is 0.172. The molecule has 2 aromatic rings. The summed E-state index contributed by atoms with van der Waals surface area (Å²) >= 11 is 0. The second-order valence-electron chi connectivity index (χ2n) is 4.21. The number of nitrogen functional groups attached to an aromatic ring is 1. The van der Waals surface area contributed by atoms with Crippen LogP contribution in [-0.2, 0) is 0 Å². The fourth-order valence-electron chi connectivity index (χ4n) is 1.68. The number of anilines is 2. The average Bonchev–Trinajstić information content (AvgIpc) is 2.39. The van der Waals surface area contributed by atoms with Crippen LogP contribution in [0, 0.1) is 6.92 Å². The van der Waals surface area contributed by atoms with Crippen LogP contribution in [0.3, 0.4) is 0 Å². The lowest BCUT2D eigenvalue weighted by Gasteiger charge is -2.15. The first-order valence-corrected chi connectivity index (χ1v) is 5.81. The predicted octanol–water partition coefficient (Wildman–Crippen LogP) is 2.24. The van der Waals surface area contributed by atoms with Gasteiger partial charge in [0.15, 0.2) is 0 Å². The van der Waals surface area contributed by atoms with Crippen molar-refractivity contribution in [1.82, 2.24) is 9.97 Å². The minimum atomic E-state index is 0.172. The molecule has 0 saturated carbocycles. The predicted molar refractivity (Wildman–Crippen MR) is 73.1 cm³/mol. The van der Waals surface area contributed by atoms with Gasteiger partial charge in [-0.3, -0.25) is 0 Å². The van der Waals surface area contributed by atoms with E-state index in [2.05, 4.69) is 58.8 Å². The Balaban J connectivity index is 2.10. The number of rotatable bonds is 4.